The minimum atomic E-state index is -1.02. The van der Waals surface area contributed by atoms with Gasteiger partial charge in [0.1, 0.15) is 11.9 Å². The molecule has 0 radical (unpaired) electrons. The molecule has 0 spiro atoms. The van der Waals surface area contributed by atoms with Gasteiger partial charge in [-0.25, -0.2) is 9.78 Å². The van der Waals surface area contributed by atoms with Gasteiger partial charge in [-0.05, 0) is 44.9 Å². The first kappa shape index (κ1) is 15.2. The van der Waals surface area contributed by atoms with Crippen molar-refractivity contribution in [3.8, 4) is 0 Å². The first-order valence-corrected chi connectivity index (χ1v) is 6.97. The Hall–Kier alpha value is -2.21. The van der Waals surface area contributed by atoms with Crippen molar-refractivity contribution < 1.29 is 9.90 Å². The van der Waals surface area contributed by atoms with Crippen molar-refractivity contribution in [2.75, 3.05) is 6.54 Å². The monoisotopic (exact) mass is 289 g/mol. The van der Waals surface area contributed by atoms with Crippen molar-refractivity contribution in [2.24, 2.45) is 5.73 Å². The van der Waals surface area contributed by atoms with E-state index in [9.17, 15) is 14.7 Å². The lowest BCUT2D eigenvalue weighted by atomic mass is 10.1. The van der Waals surface area contributed by atoms with Crippen LogP contribution in [0.4, 0.5) is 0 Å². The Morgan fingerprint density at radius 3 is 2.76 bits per heavy atom. The number of carboxylic acid groups (broad SMARTS) is 1. The highest BCUT2D eigenvalue weighted by atomic mass is 16.4. The first-order chi connectivity index (χ1) is 10.1. The number of aliphatic carboxylic acids is 1. The molecule has 0 bridgehead atoms. The van der Waals surface area contributed by atoms with E-state index in [0.29, 0.717) is 36.1 Å². The minimum Gasteiger partial charge on any atom is -0.480 e. The third-order valence-electron chi connectivity index (χ3n) is 3.51. The van der Waals surface area contributed by atoms with E-state index in [1.165, 1.54) is 4.57 Å². The lowest BCUT2D eigenvalue weighted by Gasteiger charge is -2.18. The molecule has 0 fully saturated rings. The van der Waals surface area contributed by atoms with E-state index in [-0.39, 0.29) is 5.56 Å². The van der Waals surface area contributed by atoms with Gasteiger partial charge >= 0.3 is 5.97 Å². The third kappa shape index (κ3) is 3.11. The van der Waals surface area contributed by atoms with Crippen LogP contribution in [0.1, 0.15) is 31.1 Å². The van der Waals surface area contributed by atoms with Crippen molar-refractivity contribution in [1.29, 1.82) is 0 Å². The second kappa shape index (κ2) is 6.49. The summed E-state index contributed by atoms with van der Waals surface area (Å²) in [6, 6.07) is 6.06. The Morgan fingerprint density at radius 1 is 1.38 bits per heavy atom. The fraction of sp³-hybridized carbons (Fsp3) is 0.400. The molecule has 6 heteroatoms. The van der Waals surface area contributed by atoms with Crippen LogP contribution in [-0.2, 0) is 4.79 Å². The summed E-state index contributed by atoms with van der Waals surface area (Å²) in [5, 5.41) is 9.87. The number of rotatable bonds is 6. The minimum absolute atomic E-state index is 0.307. The van der Waals surface area contributed by atoms with E-state index in [1.54, 1.807) is 31.2 Å². The van der Waals surface area contributed by atoms with Crippen LogP contribution in [0, 0.1) is 6.92 Å². The molecule has 1 heterocycles. The van der Waals surface area contributed by atoms with Crippen molar-refractivity contribution in [3.63, 3.8) is 0 Å². The van der Waals surface area contributed by atoms with E-state index >= 15 is 0 Å². The quantitative estimate of drug-likeness (QED) is 0.784. The summed E-state index contributed by atoms with van der Waals surface area (Å²) in [7, 11) is 0. The Kier molecular flexibility index (Phi) is 4.70. The molecule has 0 aliphatic heterocycles. The number of aromatic nitrogens is 2. The van der Waals surface area contributed by atoms with Gasteiger partial charge in [-0.15, -0.1) is 0 Å². The number of hydrogen-bond acceptors (Lipinski definition) is 4. The number of nitrogens with two attached hydrogens (primary N) is 1. The number of aryl methyl sites for hydroxylation is 1. The number of unbranched alkanes of at least 4 members (excludes halogenated alkanes) is 1. The molecular weight excluding hydrogens is 270 g/mol. The molecule has 3 N–H and O–H groups in total. The second-order valence-corrected chi connectivity index (χ2v) is 4.99. The van der Waals surface area contributed by atoms with Gasteiger partial charge in [0.2, 0.25) is 0 Å². The zero-order chi connectivity index (χ0) is 15.4. The van der Waals surface area contributed by atoms with Gasteiger partial charge in [0.15, 0.2) is 0 Å². The number of para-hydroxylation sites is 1. The Labute approximate surface area is 122 Å². The maximum Gasteiger partial charge on any atom is 0.326 e. The normalized spacial score (nSPS) is 12.5. The van der Waals surface area contributed by atoms with Gasteiger partial charge in [0, 0.05) is 0 Å². The van der Waals surface area contributed by atoms with E-state index < -0.39 is 12.0 Å². The number of carboxylic acids is 1. The van der Waals surface area contributed by atoms with Crippen molar-refractivity contribution in [3.05, 3.63) is 40.4 Å². The number of carbonyl (C=O) groups is 1. The standard InChI is InChI=1S/C15H19N3O3/c1-10-17-12-7-3-2-6-11(12)14(19)18(10)13(15(20)21)8-4-5-9-16/h2-3,6-7,13H,4-5,8-9,16H2,1H3,(H,20,21)/t13-/m0/s1. The maximum absolute atomic E-state index is 12.6. The summed E-state index contributed by atoms with van der Waals surface area (Å²) in [6.45, 7) is 2.17. The van der Waals surface area contributed by atoms with Gasteiger partial charge in [-0.2, -0.15) is 0 Å². The Balaban J connectivity index is 2.52. The van der Waals surface area contributed by atoms with Crippen LogP contribution in [0.5, 0.6) is 0 Å². The molecule has 0 saturated heterocycles. The highest BCUT2D eigenvalue weighted by Gasteiger charge is 2.23. The molecule has 112 valence electrons. The largest absolute Gasteiger partial charge is 0.480 e. The number of fused-ring (bicyclic) bond motifs is 1. The molecule has 0 saturated carbocycles. The van der Waals surface area contributed by atoms with E-state index in [1.807, 2.05) is 0 Å². The fourth-order valence-electron chi connectivity index (χ4n) is 2.47. The molecule has 1 atom stereocenters. The van der Waals surface area contributed by atoms with Crippen LogP contribution in [0.2, 0.25) is 0 Å². The van der Waals surface area contributed by atoms with Crippen LogP contribution < -0.4 is 11.3 Å². The molecule has 0 aliphatic rings. The predicted molar refractivity (Wildman–Crippen MR) is 80.3 cm³/mol. The first-order valence-electron chi connectivity index (χ1n) is 6.97. The molecule has 0 aliphatic carbocycles. The average Bonchev–Trinajstić information content (AvgIpc) is 2.45. The van der Waals surface area contributed by atoms with Crippen LogP contribution in [0.3, 0.4) is 0 Å². The highest BCUT2D eigenvalue weighted by molar-refractivity contribution is 5.78. The van der Waals surface area contributed by atoms with Crippen molar-refractivity contribution in [2.45, 2.75) is 32.2 Å². The number of benzene rings is 1. The smallest absolute Gasteiger partial charge is 0.326 e. The predicted octanol–water partition coefficient (Wildman–Crippen LogP) is 1.46. The van der Waals surface area contributed by atoms with E-state index in [2.05, 4.69) is 4.98 Å². The lowest BCUT2D eigenvalue weighted by molar-refractivity contribution is -0.141. The highest BCUT2D eigenvalue weighted by Crippen LogP contribution is 2.17. The summed E-state index contributed by atoms with van der Waals surface area (Å²) in [6.07, 6.45) is 1.76. The molecule has 0 unspecified atom stereocenters. The Bertz CT molecular complexity index is 709. The summed E-state index contributed by atoms with van der Waals surface area (Å²) in [4.78, 5) is 28.4. The van der Waals surface area contributed by atoms with Gasteiger partial charge in [0.25, 0.3) is 5.56 Å². The third-order valence-corrected chi connectivity index (χ3v) is 3.51. The van der Waals surface area contributed by atoms with Gasteiger partial charge in [-0.1, -0.05) is 12.1 Å². The molecule has 21 heavy (non-hydrogen) atoms. The van der Waals surface area contributed by atoms with Gasteiger partial charge in [-0.3, -0.25) is 9.36 Å². The van der Waals surface area contributed by atoms with Gasteiger partial charge < -0.3 is 10.8 Å². The second-order valence-electron chi connectivity index (χ2n) is 4.99. The molecule has 1 aromatic carbocycles. The summed E-state index contributed by atoms with van der Waals surface area (Å²) >= 11 is 0. The summed E-state index contributed by atoms with van der Waals surface area (Å²) in [5.41, 5.74) is 5.71. The SMILES string of the molecule is Cc1nc2ccccc2c(=O)n1[C@@H](CCCCN)C(=O)O. The van der Waals surface area contributed by atoms with Gasteiger partial charge in [0.05, 0.1) is 10.9 Å². The molecule has 6 nitrogen and oxygen atoms in total. The zero-order valence-electron chi connectivity index (χ0n) is 12.0. The topological polar surface area (TPSA) is 98.2 Å². The molecule has 2 rings (SSSR count). The summed E-state index contributed by atoms with van der Waals surface area (Å²) < 4.78 is 1.28. The average molecular weight is 289 g/mol. The van der Waals surface area contributed by atoms with E-state index in [0.717, 1.165) is 6.42 Å². The van der Waals surface area contributed by atoms with Crippen LogP contribution in [0.25, 0.3) is 10.9 Å². The van der Waals surface area contributed by atoms with Crippen LogP contribution in [0.15, 0.2) is 29.1 Å². The van der Waals surface area contributed by atoms with Crippen molar-refractivity contribution >= 4 is 16.9 Å². The number of hydrogen-bond donors (Lipinski definition) is 2. The molecule has 0 amide bonds. The molecule has 1 aromatic heterocycles. The molecule has 2 aromatic rings. The van der Waals surface area contributed by atoms with Crippen molar-refractivity contribution in [1.82, 2.24) is 9.55 Å². The van der Waals surface area contributed by atoms with Crippen LogP contribution >= 0.6 is 0 Å². The molecular formula is C15H19N3O3. The lowest BCUT2D eigenvalue weighted by Crippen LogP contribution is -2.32. The fourth-order valence-corrected chi connectivity index (χ4v) is 2.47. The zero-order valence-corrected chi connectivity index (χ0v) is 12.0. The Morgan fingerprint density at radius 2 is 2.10 bits per heavy atom. The number of nitrogens with zero attached hydrogens (tertiary/aromatic N) is 2. The maximum atomic E-state index is 12.6. The van der Waals surface area contributed by atoms with Crippen LogP contribution in [-0.4, -0.2) is 27.2 Å². The summed E-state index contributed by atoms with van der Waals surface area (Å²) in [5.74, 6) is -0.604. The van der Waals surface area contributed by atoms with E-state index in [4.69, 9.17) is 5.73 Å².